The van der Waals surface area contributed by atoms with Crippen LogP contribution in [-0.2, 0) is 30.4 Å². The Bertz CT molecular complexity index is 958. The number of phenols is 1. The van der Waals surface area contributed by atoms with Crippen LogP contribution in [0.1, 0.15) is 45.1 Å². The molecule has 4 unspecified atom stereocenters. The lowest BCUT2D eigenvalue weighted by Crippen LogP contribution is -2.57. The Morgan fingerprint density at radius 3 is 1.92 bits per heavy atom. The summed E-state index contributed by atoms with van der Waals surface area (Å²) in [5.41, 5.74) is 11.7. The first-order valence-electron chi connectivity index (χ1n) is 12.3. The third-order valence-electron chi connectivity index (χ3n) is 5.61. The average Bonchev–Trinajstić information content (AvgIpc) is 2.84. The molecule has 0 bridgehead atoms. The van der Waals surface area contributed by atoms with E-state index in [0.29, 0.717) is 17.7 Å². The van der Waals surface area contributed by atoms with Gasteiger partial charge in [0.2, 0.25) is 23.6 Å². The van der Waals surface area contributed by atoms with Gasteiger partial charge in [0.15, 0.2) is 0 Å². The third kappa shape index (κ3) is 12.3. The summed E-state index contributed by atoms with van der Waals surface area (Å²) in [7, 11) is 0. The Kier molecular flexibility index (Phi) is 14.2. The summed E-state index contributed by atoms with van der Waals surface area (Å²) in [5.74, 6) is -3.30. The number of thioether (sulfide) groups is 1. The number of nitrogens with one attached hydrogen (secondary N) is 3. The van der Waals surface area contributed by atoms with Gasteiger partial charge < -0.3 is 37.6 Å². The first-order valence-corrected chi connectivity index (χ1v) is 13.7. The minimum absolute atomic E-state index is 0.00664. The molecule has 0 fully saturated rings. The van der Waals surface area contributed by atoms with E-state index < -0.39 is 53.8 Å². The van der Waals surface area contributed by atoms with Gasteiger partial charge >= 0.3 is 5.97 Å². The SMILES string of the molecule is CSCCC(NC(=O)C(N)CC(C)C)C(=O)NC(CCC(N)=O)C(=O)NC(Cc1ccc(O)cc1)C(=O)O. The summed E-state index contributed by atoms with van der Waals surface area (Å²) in [4.78, 5) is 61.9. The number of carboxylic acid groups (broad SMARTS) is 1. The van der Waals surface area contributed by atoms with Crippen LogP contribution < -0.4 is 27.4 Å². The number of carboxylic acids is 1. The summed E-state index contributed by atoms with van der Waals surface area (Å²) < 4.78 is 0. The van der Waals surface area contributed by atoms with Crippen molar-refractivity contribution < 1.29 is 34.2 Å². The highest BCUT2D eigenvalue weighted by Gasteiger charge is 2.30. The molecule has 1 rings (SSSR count). The molecule has 0 aliphatic heterocycles. The smallest absolute Gasteiger partial charge is 0.326 e. The van der Waals surface area contributed by atoms with Crippen LogP contribution in [0.15, 0.2) is 24.3 Å². The van der Waals surface area contributed by atoms with E-state index in [1.807, 2.05) is 20.1 Å². The largest absolute Gasteiger partial charge is 0.508 e. The van der Waals surface area contributed by atoms with Crippen LogP contribution in [0.4, 0.5) is 0 Å². The van der Waals surface area contributed by atoms with E-state index in [1.54, 1.807) is 0 Å². The second-order valence-electron chi connectivity index (χ2n) is 9.41. The Hall–Kier alpha value is -3.32. The number of rotatable bonds is 17. The minimum Gasteiger partial charge on any atom is -0.508 e. The van der Waals surface area contributed by atoms with Crippen LogP contribution >= 0.6 is 11.8 Å². The second kappa shape index (κ2) is 16.5. The molecular formula is C25H39N5O7S. The number of aliphatic carboxylic acids is 1. The highest BCUT2D eigenvalue weighted by atomic mass is 32.2. The highest BCUT2D eigenvalue weighted by Crippen LogP contribution is 2.12. The van der Waals surface area contributed by atoms with E-state index in [9.17, 15) is 34.2 Å². The number of primary amides is 1. The summed E-state index contributed by atoms with van der Waals surface area (Å²) in [6.07, 6.45) is 2.02. The molecule has 0 aliphatic rings. The van der Waals surface area contributed by atoms with Crippen molar-refractivity contribution >= 4 is 41.4 Å². The van der Waals surface area contributed by atoms with Crippen molar-refractivity contribution in [3.63, 3.8) is 0 Å². The van der Waals surface area contributed by atoms with Gasteiger partial charge in [0.05, 0.1) is 6.04 Å². The van der Waals surface area contributed by atoms with Gasteiger partial charge in [-0.3, -0.25) is 19.2 Å². The number of aromatic hydroxyl groups is 1. The van der Waals surface area contributed by atoms with Gasteiger partial charge in [0, 0.05) is 12.8 Å². The predicted octanol–water partition coefficient (Wildman–Crippen LogP) is -0.134. The number of nitrogens with two attached hydrogens (primary N) is 2. The lowest BCUT2D eigenvalue weighted by Gasteiger charge is -2.25. The third-order valence-corrected chi connectivity index (χ3v) is 6.25. The van der Waals surface area contributed by atoms with Gasteiger partial charge in [-0.05, 0) is 54.9 Å². The summed E-state index contributed by atoms with van der Waals surface area (Å²) in [6, 6.07) is 1.38. The predicted molar refractivity (Wildman–Crippen MR) is 144 cm³/mol. The fraction of sp³-hybridized carbons (Fsp3) is 0.560. The monoisotopic (exact) mass is 553 g/mol. The van der Waals surface area contributed by atoms with Crippen LogP contribution in [0.5, 0.6) is 5.75 Å². The number of benzene rings is 1. The first kappa shape index (κ1) is 32.7. The zero-order valence-corrected chi connectivity index (χ0v) is 22.8. The van der Waals surface area contributed by atoms with Crippen molar-refractivity contribution in [1.29, 1.82) is 0 Å². The number of hydrogen-bond donors (Lipinski definition) is 7. The van der Waals surface area contributed by atoms with Gasteiger partial charge in [0.25, 0.3) is 0 Å². The van der Waals surface area contributed by atoms with E-state index in [2.05, 4.69) is 16.0 Å². The fourth-order valence-corrected chi connectivity index (χ4v) is 4.04. The second-order valence-corrected chi connectivity index (χ2v) is 10.4. The van der Waals surface area contributed by atoms with E-state index in [0.717, 1.165) is 0 Å². The lowest BCUT2D eigenvalue weighted by atomic mass is 10.0. The van der Waals surface area contributed by atoms with Crippen molar-refractivity contribution in [2.24, 2.45) is 17.4 Å². The zero-order chi connectivity index (χ0) is 28.8. The highest BCUT2D eigenvalue weighted by molar-refractivity contribution is 7.98. The van der Waals surface area contributed by atoms with E-state index >= 15 is 0 Å². The summed E-state index contributed by atoms with van der Waals surface area (Å²) in [6.45, 7) is 3.83. The van der Waals surface area contributed by atoms with Crippen LogP contribution in [0.25, 0.3) is 0 Å². The number of hydrogen-bond acceptors (Lipinski definition) is 8. The fourth-order valence-electron chi connectivity index (χ4n) is 3.57. The van der Waals surface area contributed by atoms with Crippen LogP contribution in [0, 0.1) is 5.92 Å². The van der Waals surface area contributed by atoms with Crippen molar-refractivity contribution in [2.75, 3.05) is 12.0 Å². The van der Waals surface area contributed by atoms with Crippen LogP contribution in [-0.4, -0.2) is 76.0 Å². The molecule has 0 spiro atoms. The molecule has 9 N–H and O–H groups in total. The molecule has 212 valence electrons. The Morgan fingerprint density at radius 2 is 1.42 bits per heavy atom. The molecule has 0 heterocycles. The number of carbonyl (C=O) groups is 5. The molecule has 0 radical (unpaired) electrons. The van der Waals surface area contributed by atoms with E-state index in [1.165, 1.54) is 36.0 Å². The normalized spacial score (nSPS) is 14.1. The number of amides is 4. The molecule has 1 aromatic rings. The van der Waals surface area contributed by atoms with Crippen molar-refractivity contribution in [2.45, 2.75) is 70.1 Å². The Labute approximate surface area is 226 Å². The molecule has 12 nitrogen and oxygen atoms in total. The number of phenolic OH excluding ortho intramolecular Hbond substituents is 1. The molecule has 0 aliphatic carbocycles. The van der Waals surface area contributed by atoms with Crippen LogP contribution in [0.2, 0.25) is 0 Å². The summed E-state index contributed by atoms with van der Waals surface area (Å²) >= 11 is 1.46. The van der Waals surface area contributed by atoms with Crippen molar-refractivity contribution in [1.82, 2.24) is 16.0 Å². The van der Waals surface area contributed by atoms with Gasteiger partial charge in [-0.2, -0.15) is 11.8 Å². The van der Waals surface area contributed by atoms with Gasteiger partial charge in [-0.25, -0.2) is 4.79 Å². The average molecular weight is 554 g/mol. The molecule has 1 aromatic carbocycles. The Morgan fingerprint density at radius 1 is 0.895 bits per heavy atom. The minimum atomic E-state index is -1.35. The first-order chi connectivity index (χ1) is 17.8. The molecule has 0 aromatic heterocycles. The Balaban J connectivity index is 3.03. The quantitative estimate of drug-likeness (QED) is 0.137. The van der Waals surface area contributed by atoms with Gasteiger partial charge in [-0.1, -0.05) is 26.0 Å². The van der Waals surface area contributed by atoms with Crippen molar-refractivity contribution in [3.05, 3.63) is 29.8 Å². The molecule has 38 heavy (non-hydrogen) atoms. The maximum absolute atomic E-state index is 13.1. The maximum atomic E-state index is 13.1. The molecule has 0 saturated heterocycles. The van der Waals surface area contributed by atoms with E-state index in [-0.39, 0.29) is 37.4 Å². The van der Waals surface area contributed by atoms with E-state index in [4.69, 9.17) is 11.5 Å². The molecular weight excluding hydrogens is 514 g/mol. The van der Waals surface area contributed by atoms with Gasteiger partial charge in [0.1, 0.15) is 23.9 Å². The van der Waals surface area contributed by atoms with Gasteiger partial charge in [-0.15, -0.1) is 0 Å². The molecule has 13 heteroatoms. The standard InChI is InChI=1S/C25H39N5O7S/c1-14(2)12-17(26)22(33)28-19(10-11-38-3)24(35)29-18(8-9-21(27)32)23(34)30-20(25(36)37)13-15-4-6-16(31)7-5-15/h4-7,14,17-20,31H,8-13,26H2,1-3H3,(H2,27,32)(H,28,33)(H,29,35)(H,30,34)(H,36,37). The summed E-state index contributed by atoms with van der Waals surface area (Å²) in [5, 5.41) is 26.6. The molecule has 0 saturated carbocycles. The number of carbonyl (C=O) groups excluding carboxylic acids is 4. The lowest BCUT2D eigenvalue weighted by molar-refractivity contribution is -0.142. The molecule has 4 atom stereocenters. The maximum Gasteiger partial charge on any atom is 0.326 e. The van der Waals surface area contributed by atoms with Crippen LogP contribution in [0.3, 0.4) is 0 Å². The van der Waals surface area contributed by atoms with Crippen molar-refractivity contribution in [3.8, 4) is 5.75 Å². The topological polar surface area (TPSA) is 214 Å². The zero-order valence-electron chi connectivity index (χ0n) is 21.9. The molecule has 4 amide bonds.